The highest BCUT2D eigenvalue weighted by atomic mass is 15.1. The standard InChI is InChI=1S/C15H19N3/c1-11-9-10-13(12(2)16-11)17-14-7-5-6-8-15(14)18(3)4/h5-10,17H,1-4H3. The Hall–Kier alpha value is -2.03. The van der Waals surface area contributed by atoms with Gasteiger partial charge in [0.2, 0.25) is 0 Å². The minimum absolute atomic E-state index is 1.02. The van der Waals surface area contributed by atoms with Crippen LogP contribution in [-0.4, -0.2) is 19.1 Å². The molecule has 94 valence electrons. The van der Waals surface area contributed by atoms with E-state index < -0.39 is 0 Å². The zero-order valence-corrected chi connectivity index (χ0v) is 11.4. The van der Waals surface area contributed by atoms with Gasteiger partial charge in [0.15, 0.2) is 0 Å². The van der Waals surface area contributed by atoms with E-state index in [2.05, 4.69) is 33.4 Å². The van der Waals surface area contributed by atoms with Crippen molar-refractivity contribution in [3.05, 3.63) is 47.8 Å². The molecule has 3 heteroatoms. The number of pyridine rings is 1. The lowest BCUT2D eigenvalue weighted by atomic mass is 10.2. The molecule has 0 saturated carbocycles. The first kappa shape index (κ1) is 12.4. The molecule has 0 saturated heterocycles. The smallest absolute Gasteiger partial charge is 0.0622 e. The average molecular weight is 241 g/mol. The molecular formula is C15H19N3. The Morgan fingerprint density at radius 2 is 1.67 bits per heavy atom. The molecular weight excluding hydrogens is 222 g/mol. The highest BCUT2D eigenvalue weighted by Gasteiger charge is 2.05. The molecule has 1 aromatic heterocycles. The normalized spacial score (nSPS) is 10.2. The van der Waals surface area contributed by atoms with Crippen LogP contribution in [0.4, 0.5) is 17.1 Å². The van der Waals surface area contributed by atoms with Crippen molar-refractivity contribution in [2.45, 2.75) is 13.8 Å². The third kappa shape index (κ3) is 2.62. The van der Waals surface area contributed by atoms with Gasteiger partial charge in [0.05, 0.1) is 22.8 Å². The molecule has 1 aromatic carbocycles. The van der Waals surface area contributed by atoms with Crippen LogP contribution < -0.4 is 10.2 Å². The largest absolute Gasteiger partial charge is 0.376 e. The fraction of sp³-hybridized carbons (Fsp3) is 0.267. The molecule has 0 radical (unpaired) electrons. The van der Waals surface area contributed by atoms with E-state index in [0.717, 1.165) is 28.5 Å². The maximum Gasteiger partial charge on any atom is 0.0622 e. The van der Waals surface area contributed by atoms with E-state index in [1.165, 1.54) is 0 Å². The number of nitrogens with zero attached hydrogens (tertiary/aromatic N) is 2. The Kier molecular flexibility index (Phi) is 3.51. The molecule has 0 aliphatic carbocycles. The maximum atomic E-state index is 4.47. The van der Waals surface area contributed by atoms with Gasteiger partial charge in [0, 0.05) is 19.8 Å². The fourth-order valence-electron chi connectivity index (χ4n) is 1.93. The Morgan fingerprint density at radius 3 is 2.33 bits per heavy atom. The van der Waals surface area contributed by atoms with Crippen molar-refractivity contribution in [2.75, 3.05) is 24.3 Å². The zero-order chi connectivity index (χ0) is 13.1. The molecule has 0 aliphatic rings. The second kappa shape index (κ2) is 5.08. The van der Waals surface area contributed by atoms with Gasteiger partial charge in [-0.1, -0.05) is 12.1 Å². The number of para-hydroxylation sites is 2. The minimum atomic E-state index is 1.02. The fourth-order valence-corrected chi connectivity index (χ4v) is 1.93. The number of aryl methyl sites for hydroxylation is 2. The summed E-state index contributed by atoms with van der Waals surface area (Å²) in [7, 11) is 4.08. The average Bonchev–Trinajstić information content (AvgIpc) is 2.33. The Morgan fingerprint density at radius 1 is 0.944 bits per heavy atom. The molecule has 0 amide bonds. The molecule has 0 atom stereocenters. The number of benzene rings is 1. The number of nitrogens with one attached hydrogen (secondary N) is 1. The Labute approximate surface area is 108 Å². The van der Waals surface area contributed by atoms with Crippen LogP contribution in [0.3, 0.4) is 0 Å². The van der Waals surface area contributed by atoms with E-state index in [1.807, 2.05) is 46.1 Å². The van der Waals surface area contributed by atoms with Gasteiger partial charge in [-0.3, -0.25) is 4.98 Å². The molecule has 0 unspecified atom stereocenters. The van der Waals surface area contributed by atoms with Crippen molar-refractivity contribution in [3.63, 3.8) is 0 Å². The summed E-state index contributed by atoms with van der Waals surface area (Å²) in [4.78, 5) is 6.56. The third-order valence-corrected chi connectivity index (χ3v) is 2.88. The van der Waals surface area contributed by atoms with Crippen molar-refractivity contribution < 1.29 is 0 Å². The van der Waals surface area contributed by atoms with Gasteiger partial charge in [-0.2, -0.15) is 0 Å². The zero-order valence-electron chi connectivity index (χ0n) is 11.4. The van der Waals surface area contributed by atoms with Crippen LogP contribution in [0.15, 0.2) is 36.4 Å². The summed E-state index contributed by atoms with van der Waals surface area (Å²) in [6.07, 6.45) is 0. The second-order valence-corrected chi connectivity index (χ2v) is 4.62. The van der Waals surface area contributed by atoms with Crippen molar-refractivity contribution >= 4 is 17.1 Å². The highest BCUT2D eigenvalue weighted by Crippen LogP contribution is 2.28. The lowest BCUT2D eigenvalue weighted by molar-refractivity contribution is 1.11. The first-order valence-corrected chi connectivity index (χ1v) is 6.05. The number of hydrogen-bond acceptors (Lipinski definition) is 3. The molecule has 0 bridgehead atoms. The summed E-state index contributed by atoms with van der Waals surface area (Å²) in [6, 6.07) is 12.3. The van der Waals surface area contributed by atoms with E-state index in [4.69, 9.17) is 0 Å². The summed E-state index contributed by atoms with van der Waals surface area (Å²) in [6.45, 7) is 4.03. The van der Waals surface area contributed by atoms with Crippen molar-refractivity contribution in [2.24, 2.45) is 0 Å². The summed E-state index contributed by atoms with van der Waals surface area (Å²) in [5.74, 6) is 0. The van der Waals surface area contributed by atoms with E-state index >= 15 is 0 Å². The first-order chi connectivity index (χ1) is 8.58. The predicted octanol–water partition coefficient (Wildman–Crippen LogP) is 3.51. The van der Waals surface area contributed by atoms with Crippen LogP contribution >= 0.6 is 0 Å². The molecule has 0 fully saturated rings. The SMILES string of the molecule is Cc1ccc(Nc2ccccc2N(C)C)c(C)n1. The van der Waals surface area contributed by atoms with E-state index in [9.17, 15) is 0 Å². The monoisotopic (exact) mass is 241 g/mol. The van der Waals surface area contributed by atoms with Gasteiger partial charge in [0.1, 0.15) is 0 Å². The summed E-state index contributed by atoms with van der Waals surface area (Å²) in [5.41, 5.74) is 5.37. The third-order valence-electron chi connectivity index (χ3n) is 2.88. The number of rotatable bonds is 3. The summed E-state index contributed by atoms with van der Waals surface area (Å²) in [5, 5.41) is 3.45. The summed E-state index contributed by atoms with van der Waals surface area (Å²) < 4.78 is 0. The quantitative estimate of drug-likeness (QED) is 0.891. The van der Waals surface area contributed by atoms with Crippen molar-refractivity contribution in [1.82, 2.24) is 4.98 Å². The molecule has 0 spiro atoms. The molecule has 3 nitrogen and oxygen atoms in total. The lowest BCUT2D eigenvalue weighted by Gasteiger charge is -2.19. The number of hydrogen-bond donors (Lipinski definition) is 1. The maximum absolute atomic E-state index is 4.47. The Balaban J connectivity index is 2.34. The van der Waals surface area contributed by atoms with Crippen LogP contribution in [0, 0.1) is 13.8 Å². The molecule has 0 aliphatic heterocycles. The molecule has 1 heterocycles. The van der Waals surface area contributed by atoms with Crippen LogP contribution in [0.25, 0.3) is 0 Å². The van der Waals surface area contributed by atoms with Gasteiger partial charge in [0.25, 0.3) is 0 Å². The van der Waals surface area contributed by atoms with Crippen LogP contribution in [0.2, 0.25) is 0 Å². The molecule has 1 N–H and O–H groups in total. The van der Waals surface area contributed by atoms with Crippen LogP contribution in [-0.2, 0) is 0 Å². The molecule has 2 aromatic rings. The Bertz CT molecular complexity index is 547. The minimum Gasteiger partial charge on any atom is -0.376 e. The number of anilines is 3. The van der Waals surface area contributed by atoms with Gasteiger partial charge >= 0.3 is 0 Å². The topological polar surface area (TPSA) is 28.2 Å². The van der Waals surface area contributed by atoms with Gasteiger partial charge in [-0.05, 0) is 38.1 Å². The van der Waals surface area contributed by atoms with E-state index in [0.29, 0.717) is 0 Å². The predicted molar refractivity (Wildman–Crippen MR) is 77.8 cm³/mol. The van der Waals surface area contributed by atoms with Crippen LogP contribution in [0.5, 0.6) is 0 Å². The number of aromatic nitrogens is 1. The molecule has 2 rings (SSSR count). The van der Waals surface area contributed by atoms with Crippen LogP contribution in [0.1, 0.15) is 11.4 Å². The van der Waals surface area contributed by atoms with Crippen molar-refractivity contribution in [1.29, 1.82) is 0 Å². The van der Waals surface area contributed by atoms with Gasteiger partial charge in [-0.15, -0.1) is 0 Å². The van der Waals surface area contributed by atoms with Crippen molar-refractivity contribution in [3.8, 4) is 0 Å². The lowest BCUT2D eigenvalue weighted by Crippen LogP contribution is -2.11. The van der Waals surface area contributed by atoms with Gasteiger partial charge in [-0.25, -0.2) is 0 Å². The van der Waals surface area contributed by atoms with E-state index in [-0.39, 0.29) is 0 Å². The molecule has 18 heavy (non-hydrogen) atoms. The highest BCUT2D eigenvalue weighted by molar-refractivity contribution is 5.75. The first-order valence-electron chi connectivity index (χ1n) is 6.05. The van der Waals surface area contributed by atoms with E-state index in [1.54, 1.807) is 0 Å². The summed E-state index contributed by atoms with van der Waals surface area (Å²) >= 11 is 0. The van der Waals surface area contributed by atoms with Gasteiger partial charge < -0.3 is 10.2 Å². The second-order valence-electron chi connectivity index (χ2n) is 4.62.